The van der Waals surface area contributed by atoms with Crippen LogP contribution in [0.5, 0.6) is 0 Å². The Morgan fingerprint density at radius 3 is 2.74 bits per heavy atom. The van der Waals surface area contributed by atoms with E-state index in [0.717, 1.165) is 19.4 Å². The summed E-state index contributed by atoms with van der Waals surface area (Å²) in [4.78, 5) is 3.96. The SMILES string of the molecule is CC(Cc1cccs1)N(C)CCC1(N)CCCCC1. The lowest BCUT2D eigenvalue weighted by Crippen LogP contribution is -2.45. The number of hydrogen-bond acceptors (Lipinski definition) is 3. The van der Waals surface area contributed by atoms with Gasteiger partial charge in [-0.1, -0.05) is 25.3 Å². The molecule has 3 heteroatoms. The molecule has 2 nitrogen and oxygen atoms in total. The summed E-state index contributed by atoms with van der Waals surface area (Å²) in [7, 11) is 2.24. The van der Waals surface area contributed by atoms with Gasteiger partial charge in [-0.25, -0.2) is 0 Å². The molecule has 2 rings (SSSR count). The monoisotopic (exact) mass is 280 g/mol. The first-order chi connectivity index (χ1) is 9.09. The van der Waals surface area contributed by atoms with Crippen LogP contribution >= 0.6 is 11.3 Å². The molecular formula is C16H28N2S. The Morgan fingerprint density at radius 2 is 2.11 bits per heavy atom. The van der Waals surface area contributed by atoms with E-state index in [-0.39, 0.29) is 5.54 Å². The fraction of sp³-hybridized carbons (Fsp3) is 0.750. The maximum Gasteiger partial charge on any atom is 0.0166 e. The molecule has 0 amide bonds. The summed E-state index contributed by atoms with van der Waals surface area (Å²) >= 11 is 1.86. The Labute approximate surface area is 122 Å². The summed E-state index contributed by atoms with van der Waals surface area (Å²) in [6.07, 6.45) is 8.78. The van der Waals surface area contributed by atoms with Gasteiger partial charge < -0.3 is 10.6 Å². The number of nitrogens with zero attached hydrogens (tertiary/aromatic N) is 1. The molecule has 0 radical (unpaired) electrons. The minimum absolute atomic E-state index is 0.120. The predicted octanol–water partition coefficient (Wildman–Crippen LogP) is 3.66. The smallest absolute Gasteiger partial charge is 0.0166 e. The van der Waals surface area contributed by atoms with Gasteiger partial charge in [0.1, 0.15) is 0 Å². The van der Waals surface area contributed by atoms with E-state index >= 15 is 0 Å². The van der Waals surface area contributed by atoms with Crippen molar-refractivity contribution in [1.29, 1.82) is 0 Å². The van der Waals surface area contributed by atoms with Gasteiger partial charge >= 0.3 is 0 Å². The molecule has 1 unspecified atom stereocenters. The van der Waals surface area contributed by atoms with Gasteiger partial charge in [0, 0.05) is 16.5 Å². The van der Waals surface area contributed by atoms with E-state index in [2.05, 4.69) is 36.4 Å². The molecule has 2 N–H and O–H groups in total. The molecule has 0 bridgehead atoms. The summed E-state index contributed by atoms with van der Waals surface area (Å²) in [5, 5.41) is 2.17. The van der Waals surface area contributed by atoms with Crippen molar-refractivity contribution < 1.29 is 0 Å². The van der Waals surface area contributed by atoms with E-state index in [4.69, 9.17) is 5.73 Å². The molecule has 1 aromatic heterocycles. The average molecular weight is 280 g/mol. The van der Waals surface area contributed by atoms with Crippen molar-refractivity contribution in [3.05, 3.63) is 22.4 Å². The van der Waals surface area contributed by atoms with Gasteiger partial charge in [-0.15, -0.1) is 11.3 Å². The summed E-state index contributed by atoms with van der Waals surface area (Å²) in [5.74, 6) is 0. The molecule has 0 aromatic carbocycles. The molecule has 1 aliphatic carbocycles. The van der Waals surface area contributed by atoms with E-state index in [0.29, 0.717) is 6.04 Å². The molecule has 1 fully saturated rings. The third kappa shape index (κ3) is 4.59. The number of nitrogens with two attached hydrogens (primary N) is 1. The van der Waals surface area contributed by atoms with E-state index in [1.807, 2.05) is 11.3 Å². The lowest BCUT2D eigenvalue weighted by Gasteiger charge is -2.36. The molecule has 0 saturated heterocycles. The van der Waals surface area contributed by atoms with Crippen LogP contribution in [0, 0.1) is 0 Å². The Hall–Kier alpha value is -0.380. The Morgan fingerprint density at radius 1 is 1.37 bits per heavy atom. The Bertz CT molecular complexity index is 355. The first kappa shape index (κ1) is 15.0. The molecule has 1 atom stereocenters. The van der Waals surface area contributed by atoms with Crippen LogP contribution in [0.25, 0.3) is 0 Å². The lowest BCUT2D eigenvalue weighted by atomic mass is 9.80. The van der Waals surface area contributed by atoms with Crippen LogP contribution in [-0.4, -0.2) is 30.1 Å². The average Bonchev–Trinajstić information content (AvgIpc) is 2.90. The van der Waals surface area contributed by atoms with Crippen LogP contribution in [0.4, 0.5) is 0 Å². The Kier molecular flexibility index (Phi) is 5.43. The molecule has 0 aliphatic heterocycles. The molecular weight excluding hydrogens is 252 g/mol. The van der Waals surface area contributed by atoms with Crippen molar-refractivity contribution in [3.8, 4) is 0 Å². The minimum Gasteiger partial charge on any atom is -0.325 e. The highest BCUT2D eigenvalue weighted by Crippen LogP contribution is 2.29. The van der Waals surface area contributed by atoms with Gasteiger partial charge in [0.15, 0.2) is 0 Å². The maximum atomic E-state index is 6.52. The van der Waals surface area contributed by atoms with Gasteiger partial charge in [-0.2, -0.15) is 0 Å². The summed E-state index contributed by atoms with van der Waals surface area (Å²) in [6.45, 7) is 3.45. The lowest BCUT2D eigenvalue weighted by molar-refractivity contribution is 0.199. The van der Waals surface area contributed by atoms with E-state index in [9.17, 15) is 0 Å². The van der Waals surface area contributed by atoms with Crippen molar-refractivity contribution in [2.24, 2.45) is 5.73 Å². The fourth-order valence-electron chi connectivity index (χ4n) is 3.00. The van der Waals surface area contributed by atoms with Gasteiger partial charge in [0.25, 0.3) is 0 Å². The minimum atomic E-state index is 0.120. The maximum absolute atomic E-state index is 6.52. The highest BCUT2D eigenvalue weighted by atomic mass is 32.1. The third-order valence-electron chi connectivity index (χ3n) is 4.64. The largest absolute Gasteiger partial charge is 0.325 e. The zero-order chi connectivity index (χ0) is 13.7. The molecule has 0 spiro atoms. The number of rotatable bonds is 6. The standard InChI is InChI=1S/C16H28N2S/c1-14(13-15-7-6-12-19-15)18(2)11-10-16(17)8-4-3-5-9-16/h6-7,12,14H,3-5,8-11,13,17H2,1-2H3. The van der Waals surface area contributed by atoms with Crippen molar-refractivity contribution >= 4 is 11.3 Å². The molecule has 1 heterocycles. The van der Waals surface area contributed by atoms with Crippen LogP contribution in [0.1, 0.15) is 50.3 Å². The van der Waals surface area contributed by atoms with Crippen molar-refractivity contribution in [2.45, 2.75) is 63.5 Å². The summed E-state index contributed by atoms with van der Waals surface area (Å²) < 4.78 is 0. The van der Waals surface area contributed by atoms with E-state index < -0.39 is 0 Å². The highest BCUT2D eigenvalue weighted by Gasteiger charge is 2.27. The summed E-state index contributed by atoms with van der Waals surface area (Å²) in [5.41, 5.74) is 6.64. The van der Waals surface area contributed by atoms with Crippen molar-refractivity contribution in [1.82, 2.24) is 4.90 Å². The quantitative estimate of drug-likeness (QED) is 0.861. The predicted molar refractivity (Wildman–Crippen MR) is 84.7 cm³/mol. The van der Waals surface area contributed by atoms with Crippen molar-refractivity contribution in [2.75, 3.05) is 13.6 Å². The van der Waals surface area contributed by atoms with Gasteiger partial charge in [-0.05, 0) is 57.6 Å². The molecule has 108 valence electrons. The van der Waals surface area contributed by atoms with Gasteiger partial charge in [0.05, 0.1) is 0 Å². The second-order valence-corrected chi connectivity index (χ2v) is 7.32. The number of likely N-dealkylation sites (N-methyl/N-ethyl adjacent to an activating group) is 1. The van der Waals surface area contributed by atoms with Gasteiger partial charge in [-0.3, -0.25) is 0 Å². The van der Waals surface area contributed by atoms with E-state index in [1.54, 1.807) is 0 Å². The number of hydrogen-bond donors (Lipinski definition) is 1. The Balaban J connectivity index is 1.75. The van der Waals surface area contributed by atoms with Crippen LogP contribution in [0.15, 0.2) is 17.5 Å². The van der Waals surface area contributed by atoms with Crippen molar-refractivity contribution in [3.63, 3.8) is 0 Å². The number of thiophene rings is 1. The highest BCUT2D eigenvalue weighted by molar-refractivity contribution is 7.09. The fourth-order valence-corrected chi connectivity index (χ4v) is 3.83. The van der Waals surface area contributed by atoms with Gasteiger partial charge in [0.2, 0.25) is 0 Å². The molecule has 1 saturated carbocycles. The first-order valence-electron chi connectivity index (χ1n) is 7.61. The first-order valence-corrected chi connectivity index (χ1v) is 8.48. The molecule has 19 heavy (non-hydrogen) atoms. The van der Waals surface area contributed by atoms with Crippen LogP contribution in [0.2, 0.25) is 0 Å². The van der Waals surface area contributed by atoms with Crippen LogP contribution in [0.3, 0.4) is 0 Å². The molecule has 1 aliphatic rings. The third-order valence-corrected chi connectivity index (χ3v) is 5.54. The summed E-state index contributed by atoms with van der Waals surface area (Å²) in [6, 6.07) is 4.98. The molecule has 1 aromatic rings. The topological polar surface area (TPSA) is 29.3 Å². The zero-order valence-electron chi connectivity index (χ0n) is 12.4. The van der Waals surface area contributed by atoms with E-state index in [1.165, 1.54) is 37.0 Å². The van der Waals surface area contributed by atoms with Crippen LogP contribution < -0.4 is 5.73 Å². The second-order valence-electron chi connectivity index (χ2n) is 6.29. The second kappa shape index (κ2) is 6.87. The zero-order valence-corrected chi connectivity index (χ0v) is 13.2. The normalized spacial score (nSPS) is 20.6. The van der Waals surface area contributed by atoms with Crippen LogP contribution in [-0.2, 0) is 6.42 Å².